The molecule has 170 valence electrons. The zero-order valence-corrected chi connectivity index (χ0v) is 19.3. The first-order valence-electron chi connectivity index (χ1n) is 9.68. The molecule has 30 heavy (non-hydrogen) atoms. The molecular formula is C18H32N6O5S. The van der Waals surface area contributed by atoms with E-state index in [1.807, 2.05) is 20.8 Å². The highest BCUT2D eigenvalue weighted by molar-refractivity contribution is 7.88. The van der Waals surface area contributed by atoms with E-state index in [1.54, 1.807) is 13.8 Å². The minimum absolute atomic E-state index is 0.0478. The van der Waals surface area contributed by atoms with Crippen LogP contribution >= 0.6 is 0 Å². The smallest absolute Gasteiger partial charge is 0.248 e. The van der Waals surface area contributed by atoms with Gasteiger partial charge in [-0.25, -0.2) is 17.8 Å². The van der Waals surface area contributed by atoms with Gasteiger partial charge in [0.25, 0.3) is 0 Å². The number of carbonyl (C=O) groups excluding carboxylic acids is 2. The Morgan fingerprint density at radius 3 is 2.37 bits per heavy atom. The monoisotopic (exact) mass is 444 g/mol. The van der Waals surface area contributed by atoms with Crippen LogP contribution in [0.15, 0.2) is 6.20 Å². The molecule has 0 aromatic carbocycles. The van der Waals surface area contributed by atoms with E-state index in [0.717, 1.165) is 6.26 Å². The van der Waals surface area contributed by atoms with Crippen molar-refractivity contribution in [1.29, 1.82) is 0 Å². The highest BCUT2D eigenvalue weighted by Gasteiger charge is 2.45. The topological polar surface area (TPSA) is 147 Å². The van der Waals surface area contributed by atoms with Crippen molar-refractivity contribution in [3.05, 3.63) is 11.9 Å². The molecule has 2 rings (SSSR count). The summed E-state index contributed by atoms with van der Waals surface area (Å²) in [4.78, 5) is 27.1. The van der Waals surface area contributed by atoms with Crippen LogP contribution in [-0.4, -0.2) is 77.2 Å². The number of amides is 2. The number of aliphatic hydroxyl groups is 1. The van der Waals surface area contributed by atoms with Crippen molar-refractivity contribution in [3.63, 3.8) is 0 Å². The first-order valence-corrected chi connectivity index (χ1v) is 11.6. The molecule has 1 fully saturated rings. The van der Waals surface area contributed by atoms with Gasteiger partial charge in [0.15, 0.2) is 0 Å². The summed E-state index contributed by atoms with van der Waals surface area (Å²) >= 11 is 0. The molecule has 0 radical (unpaired) electrons. The number of nitrogens with zero attached hydrogens (tertiary/aromatic N) is 4. The van der Waals surface area contributed by atoms with Crippen molar-refractivity contribution in [2.24, 2.45) is 5.41 Å². The lowest BCUT2D eigenvalue weighted by molar-refractivity contribution is -0.144. The lowest BCUT2D eigenvalue weighted by atomic mass is 9.85. The number of carbonyl (C=O) groups is 2. The molecule has 1 aromatic heterocycles. The van der Waals surface area contributed by atoms with Crippen LogP contribution in [-0.2, 0) is 25.2 Å². The summed E-state index contributed by atoms with van der Waals surface area (Å²) in [5.41, 5.74) is -1.29. The van der Waals surface area contributed by atoms with Crippen LogP contribution in [0.2, 0.25) is 0 Å². The largest absolute Gasteiger partial charge is 0.391 e. The molecule has 2 heterocycles. The number of hydrogen-bond acceptors (Lipinski definition) is 7. The van der Waals surface area contributed by atoms with Crippen LogP contribution in [0.1, 0.15) is 52.8 Å². The van der Waals surface area contributed by atoms with Gasteiger partial charge in [-0.15, -0.1) is 5.10 Å². The molecule has 0 saturated carbocycles. The standard InChI is InChI=1S/C18H32N6O5S/c1-17(2,3)14(16(27)23-9-11(25)8-12(23)15(26)19-6)24-10-13(20-22-24)18(4,5)21-30(7,28)29/h10-12,14,21,25H,8-9H2,1-7H3,(H,19,26)/t11?,12?,14-/m1/s1. The first-order chi connectivity index (χ1) is 13.6. The van der Waals surface area contributed by atoms with Gasteiger partial charge >= 0.3 is 0 Å². The van der Waals surface area contributed by atoms with Gasteiger partial charge in [0.2, 0.25) is 21.8 Å². The second-order valence-corrected chi connectivity index (χ2v) is 11.1. The third-order valence-corrected chi connectivity index (χ3v) is 5.90. The minimum Gasteiger partial charge on any atom is -0.391 e. The van der Waals surface area contributed by atoms with Gasteiger partial charge in [-0.2, -0.15) is 0 Å². The maximum absolute atomic E-state index is 13.5. The first kappa shape index (κ1) is 24.2. The Kier molecular flexibility index (Phi) is 6.65. The molecule has 2 amide bonds. The zero-order chi connectivity index (χ0) is 23.1. The van der Waals surface area contributed by atoms with E-state index in [1.165, 1.54) is 22.8 Å². The predicted molar refractivity (Wildman–Crippen MR) is 110 cm³/mol. The third kappa shape index (κ3) is 5.35. The third-order valence-electron chi connectivity index (χ3n) is 5.02. The number of β-amino-alcohol motifs (C(OH)–C–C–N with tert-alkyl or cyclic N) is 1. The van der Waals surface area contributed by atoms with Crippen LogP contribution in [0.4, 0.5) is 0 Å². The molecule has 0 aliphatic carbocycles. The summed E-state index contributed by atoms with van der Waals surface area (Å²) in [6, 6.07) is -1.58. The van der Waals surface area contributed by atoms with E-state index in [0.29, 0.717) is 5.69 Å². The van der Waals surface area contributed by atoms with Gasteiger partial charge in [-0.3, -0.25) is 9.59 Å². The average molecular weight is 445 g/mol. The SMILES string of the molecule is CNC(=O)C1CC(O)CN1C(=O)[C@@H](n1cc(C(C)(C)NS(C)(=O)=O)nn1)C(C)(C)C. The number of likely N-dealkylation sites (tertiary alicyclic amines) is 1. The highest BCUT2D eigenvalue weighted by atomic mass is 32.2. The molecule has 3 atom stereocenters. The summed E-state index contributed by atoms with van der Waals surface area (Å²) in [5, 5.41) is 20.8. The Morgan fingerprint density at radius 2 is 1.87 bits per heavy atom. The van der Waals surface area contributed by atoms with Crippen molar-refractivity contribution in [2.45, 2.75) is 64.8 Å². The Morgan fingerprint density at radius 1 is 1.27 bits per heavy atom. The van der Waals surface area contributed by atoms with Gasteiger partial charge in [0, 0.05) is 20.0 Å². The zero-order valence-electron chi connectivity index (χ0n) is 18.5. The fraction of sp³-hybridized carbons (Fsp3) is 0.778. The molecule has 1 aliphatic rings. The van der Waals surface area contributed by atoms with Gasteiger partial charge in [-0.1, -0.05) is 26.0 Å². The quantitative estimate of drug-likeness (QED) is 0.529. The van der Waals surface area contributed by atoms with Gasteiger partial charge in [0.1, 0.15) is 17.8 Å². The highest BCUT2D eigenvalue weighted by Crippen LogP contribution is 2.34. The molecule has 11 nitrogen and oxygen atoms in total. The van der Waals surface area contributed by atoms with Crippen molar-refractivity contribution >= 4 is 21.8 Å². The van der Waals surface area contributed by atoms with Crippen LogP contribution in [0.25, 0.3) is 0 Å². The molecule has 12 heteroatoms. The molecule has 2 unspecified atom stereocenters. The van der Waals surface area contributed by atoms with E-state index in [-0.39, 0.29) is 24.8 Å². The van der Waals surface area contributed by atoms with Gasteiger partial charge < -0.3 is 15.3 Å². The second kappa shape index (κ2) is 8.23. The molecule has 1 aliphatic heterocycles. The summed E-state index contributed by atoms with van der Waals surface area (Å²) < 4.78 is 27.2. The summed E-state index contributed by atoms with van der Waals surface area (Å²) in [6.45, 7) is 8.92. The summed E-state index contributed by atoms with van der Waals surface area (Å²) in [7, 11) is -2.02. The van der Waals surface area contributed by atoms with Crippen LogP contribution in [0, 0.1) is 5.41 Å². The maximum atomic E-state index is 13.5. The number of aliphatic hydroxyl groups excluding tert-OH is 1. The second-order valence-electron chi connectivity index (χ2n) is 9.36. The van der Waals surface area contributed by atoms with Crippen molar-refractivity contribution < 1.29 is 23.1 Å². The van der Waals surface area contributed by atoms with E-state index in [9.17, 15) is 23.1 Å². The maximum Gasteiger partial charge on any atom is 0.248 e. The van der Waals surface area contributed by atoms with Crippen LogP contribution in [0.5, 0.6) is 0 Å². The fourth-order valence-corrected chi connectivity index (χ4v) is 4.75. The van der Waals surface area contributed by atoms with Crippen molar-refractivity contribution in [1.82, 2.24) is 29.9 Å². The Balaban J connectivity index is 2.41. The number of aromatic nitrogens is 3. The molecule has 0 spiro atoms. The van der Waals surface area contributed by atoms with Crippen molar-refractivity contribution in [2.75, 3.05) is 19.8 Å². The molecular weight excluding hydrogens is 412 g/mol. The lowest BCUT2D eigenvalue weighted by Gasteiger charge is -2.34. The Bertz CT molecular complexity index is 904. The normalized spacial score (nSPS) is 21.5. The molecule has 0 bridgehead atoms. The van der Waals surface area contributed by atoms with E-state index in [2.05, 4.69) is 20.4 Å². The molecule has 1 saturated heterocycles. The van der Waals surface area contributed by atoms with E-state index >= 15 is 0 Å². The van der Waals surface area contributed by atoms with Crippen LogP contribution < -0.4 is 10.0 Å². The number of nitrogens with one attached hydrogen (secondary N) is 2. The lowest BCUT2D eigenvalue weighted by Crippen LogP contribution is -2.49. The Labute approximate surface area is 177 Å². The Hall–Kier alpha value is -2.05. The number of sulfonamides is 1. The predicted octanol–water partition coefficient (Wildman–Crippen LogP) is -0.643. The molecule has 3 N–H and O–H groups in total. The van der Waals surface area contributed by atoms with Crippen molar-refractivity contribution in [3.8, 4) is 0 Å². The number of likely N-dealkylation sites (N-methyl/N-ethyl adjacent to an activating group) is 1. The van der Waals surface area contributed by atoms with Gasteiger partial charge in [-0.05, 0) is 19.3 Å². The minimum atomic E-state index is -3.50. The van der Waals surface area contributed by atoms with Gasteiger partial charge in [0.05, 0.1) is 24.1 Å². The van der Waals surface area contributed by atoms with E-state index in [4.69, 9.17) is 0 Å². The molecule has 1 aromatic rings. The fourth-order valence-electron chi connectivity index (χ4n) is 3.72. The summed E-state index contributed by atoms with van der Waals surface area (Å²) in [6.07, 6.45) is 1.96. The number of hydrogen-bond donors (Lipinski definition) is 3. The number of rotatable bonds is 6. The van der Waals surface area contributed by atoms with E-state index < -0.39 is 39.2 Å². The summed E-state index contributed by atoms with van der Waals surface area (Å²) in [5.74, 6) is -0.705. The average Bonchev–Trinajstić information content (AvgIpc) is 3.18. The van der Waals surface area contributed by atoms with Crippen LogP contribution in [0.3, 0.4) is 0 Å².